The molecule has 0 spiro atoms. The van der Waals surface area contributed by atoms with Gasteiger partial charge in [0.25, 0.3) is 0 Å². The topological polar surface area (TPSA) is 41.4 Å². The van der Waals surface area contributed by atoms with E-state index in [-0.39, 0.29) is 5.91 Å². The predicted molar refractivity (Wildman–Crippen MR) is 95.4 cm³/mol. The summed E-state index contributed by atoms with van der Waals surface area (Å²) in [5.74, 6) is 0.212. The average molecular weight is 326 g/mol. The molecule has 2 aromatic rings. The molecule has 1 fully saturated rings. The van der Waals surface area contributed by atoms with Gasteiger partial charge in [0.15, 0.2) is 0 Å². The lowest BCUT2D eigenvalue weighted by atomic mass is 10.1. The smallest absolute Gasteiger partial charge is 0.227 e. The molecule has 1 aromatic heterocycles. The Morgan fingerprint density at radius 1 is 1.08 bits per heavy atom. The fourth-order valence-electron chi connectivity index (χ4n) is 3.31. The van der Waals surface area contributed by atoms with E-state index in [0.717, 1.165) is 55.2 Å². The molecular formula is C19H26N4O. The molecule has 0 N–H and O–H groups in total. The zero-order chi connectivity index (χ0) is 17.1. The molecule has 0 atom stereocenters. The highest BCUT2D eigenvalue weighted by atomic mass is 16.2. The Hall–Kier alpha value is -2.14. The van der Waals surface area contributed by atoms with Crippen LogP contribution in [0.25, 0.3) is 5.69 Å². The van der Waals surface area contributed by atoms with Crippen molar-refractivity contribution in [3.05, 3.63) is 47.3 Å². The Kier molecular flexibility index (Phi) is 5.00. The number of carbonyl (C=O) groups is 1. The van der Waals surface area contributed by atoms with Crippen LogP contribution in [0.5, 0.6) is 0 Å². The first kappa shape index (κ1) is 16.7. The number of para-hydroxylation sites is 1. The van der Waals surface area contributed by atoms with Crippen molar-refractivity contribution in [1.29, 1.82) is 0 Å². The Bertz CT molecular complexity index is 708. The number of amides is 1. The number of hydrogen-bond acceptors (Lipinski definition) is 3. The lowest BCUT2D eigenvalue weighted by Crippen LogP contribution is -2.35. The fourth-order valence-corrected chi connectivity index (χ4v) is 3.31. The highest BCUT2D eigenvalue weighted by molar-refractivity contribution is 5.79. The normalized spacial score (nSPS) is 16.2. The fraction of sp³-hybridized carbons (Fsp3) is 0.474. The number of benzene rings is 1. The number of rotatable bonds is 3. The molecule has 1 saturated heterocycles. The standard InChI is InChI=1S/C19H26N4O/c1-15-18(14-19(24)22-11-7-10-21(3)12-13-22)16(2)23(20-15)17-8-5-4-6-9-17/h4-6,8-9H,7,10-14H2,1-3H3. The molecule has 5 heteroatoms. The van der Waals surface area contributed by atoms with E-state index in [1.165, 1.54) is 0 Å². The van der Waals surface area contributed by atoms with E-state index in [1.54, 1.807) is 0 Å². The van der Waals surface area contributed by atoms with Gasteiger partial charge >= 0.3 is 0 Å². The molecule has 1 aromatic carbocycles. The van der Waals surface area contributed by atoms with Crippen LogP contribution in [-0.2, 0) is 11.2 Å². The zero-order valence-electron chi connectivity index (χ0n) is 14.8. The molecule has 3 rings (SSSR count). The molecule has 0 bridgehead atoms. The van der Waals surface area contributed by atoms with E-state index in [9.17, 15) is 4.79 Å². The molecule has 0 aliphatic carbocycles. The van der Waals surface area contributed by atoms with Gasteiger partial charge in [-0.2, -0.15) is 5.10 Å². The van der Waals surface area contributed by atoms with Crippen molar-refractivity contribution in [1.82, 2.24) is 19.6 Å². The van der Waals surface area contributed by atoms with Crippen molar-refractivity contribution < 1.29 is 4.79 Å². The summed E-state index contributed by atoms with van der Waals surface area (Å²) >= 11 is 0. The van der Waals surface area contributed by atoms with Gasteiger partial charge in [-0.15, -0.1) is 0 Å². The highest BCUT2D eigenvalue weighted by Crippen LogP contribution is 2.19. The SMILES string of the molecule is Cc1nn(-c2ccccc2)c(C)c1CC(=O)N1CCCN(C)CC1. The molecule has 1 amide bonds. The Labute approximate surface area is 143 Å². The third-order valence-electron chi connectivity index (χ3n) is 4.84. The van der Waals surface area contributed by atoms with Crippen LogP contribution in [0.3, 0.4) is 0 Å². The second-order valence-electron chi connectivity index (χ2n) is 6.61. The van der Waals surface area contributed by atoms with Crippen LogP contribution in [0.15, 0.2) is 30.3 Å². The van der Waals surface area contributed by atoms with Crippen LogP contribution >= 0.6 is 0 Å². The second-order valence-corrected chi connectivity index (χ2v) is 6.61. The summed E-state index contributed by atoms with van der Waals surface area (Å²) in [4.78, 5) is 17.0. The molecule has 1 aliphatic rings. The summed E-state index contributed by atoms with van der Waals surface area (Å²) in [7, 11) is 2.12. The molecule has 5 nitrogen and oxygen atoms in total. The van der Waals surface area contributed by atoms with Crippen LogP contribution in [0.4, 0.5) is 0 Å². The lowest BCUT2D eigenvalue weighted by molar-refractivity contribution is -0.130. The molecule has 2 heterocycles. The van der Waals surface area contributed by atoms with E-state index in [2.05, 4.69) is 17.0 Å². The predicted octanol–water partition coefficient (Wildman–Crippen LogP) is 2.20. The maximum absolute atomic E-state index is 12.7. The summed E-state index contributed by atoms with van der Waals surface area (Å²) in [5, 5.41) is 4.65. The monoisotopic (exact) mass is 326 g/mol. The Morgan fingerprint density at radius 2 is 1.83 bits per heavy atom. The minimum Gasteiger partial charge on any atom is -0.341 e. The molecule has 128 valence electrons. The van der Waals surface area contributed by atoms with E-state index in [0.29, 0.717) is 6.42 Å². The van der Waals surface area contributed by atoms with Crippen LogP contribution < -0.4 is 0 Å². The highest BCUT2D eigenvalue weighted by Gasteiger charge is 2.21. The second kappa shape index (κ2) is 7.18. The quantitative estimate of drug-likeness (QED) is 0.868. The average Bonchev–Trinajstić information content (AvgIpc) is 2.76. The van der Waals surface area contributed by atoms with Gasteiger partial charge in [0.1, 0.15) is 0 Å². The van der Waals surface area contributed by atoms with E-state index in [1.807, 2.05) is 53.8 Å². The van der Waals surface area contributed by atoms with Gasteiger partial charge in [0.05, 0.1) is 17.8 Å². The first-order valence-electron chi connectivity index (χ1n) is 8.63. The van der Waals surface area contributed by atoms with Crippen molar-refractivity contribution in [3.63, 3.8) is 0 Å². The molecule has 24 heavy (non-hydrogen) atoms. The molecule has 0 unspecified atom stereocenters. The third-order valence-corrected chi connectivity index (χ3v) is 4.84. The minimum atomic E-state index is 0.212. The number of hydrogen-bond donors (Lipinski definition) is 0. The van der Waals surface area contributed by atoms with Crippen LogP contribution in [0, 0.1) is 13.8 Å². The van der Waals surface area contributed by atoms with Crippen molar-refractivity contribution in [2.24, 2.45) is 0 Å². The largest absolute Gasteiger partial charge is 0.341 e. The van der Waals surface area contributed by atoms with E-state index < -0.39 is 0 Å². The maximum atomic E-state index is 12.7. The third kappa shape index (κ3) is 3.51. The Morgan fingerprint density at radius 3 is 2.58 bits per heavy atom. The van der Waals surface area contributed by atoms with Crippen molar-refractivity contribution in [3.8, 4) is 5.69 Å². The Balaban J connectivity index is 1.78. The van der Waals surface area contributed by atoms with Crippen LogP contribution in [-0.4, -0.2) is 58.7 Å². The molecule has 0 saturated carbocycles. The van der Waals surface area contributed by atoms with Gasteiger partial charge in [0.2, 0.25) is 5.91 Å². The summed E-state index contributed by atoms with van der Waals surface area (Å²) in [6.45, 7) is 7.73. The van der Waals surface area contributed by atoms with E-state index in [4.69, 9.17) is 0 Å². The number of aromatic nitrogens is 2. The maximum Gasteiger partial charge on any atom is 0.227 e. The van der Waals surface area contributed by atoms with Gasteiger partial charge in [0, 0.05) is 30.9 Å². The first-order valence-corrected chi connectivity index (χ1v) is 8.63. The van der Waals surface area contributed by atoms with E-state index >= 15 is 0 Å². The van der Waals surface area contributed by atoms with Crippen LogP contribution in [0.1, 0.15) is 23.4 Å². The molecule has 0 radical (unpaired) electrons. The summed E-state index contributed by atoms with van der Waals surface area (Å²) < 4.78 is 1.94. The zero-order valence-corrected chi connectivity index (χ0v) is 14.8. The van der Waals surface area contributed by atoms with Gasteiger partial charge in [-0.25, -0.2) is 4.68 Å². The van der Waals surface area contributed by atoms with Crippen molar-refractivity contribution in [2.45, 2.75) is 26.7 Å². The minimum absolute atomic E-state index is 0.212. The van der Waals surface area contributed by atoms with Gasteiger partial charge in [-0.1, -0.05) is 18.2 Å². The van der Waals surface area contributed by atoms with Crippen molar-refractivity contribution in [2.75, 3.05) is 33.2 Å². The summed E-state index contributed by atoms with van der Waals surface area (Å²) in [5.41, 5.74) is 4.09. The lowest BCUT2D eigenvalue weighted by Gasteiger charge is -2.20. The van der Waals surface area contributed by atoms with Gasteiger partial charge in [-0.05, 0) is 46.0 Å². The number of carbonyl (C=O) groups excluding carboxylic acids is 1. The molecule has 1 aliphatic heterocycles. The van der Waals surface area contributed by atoms with Crippen LogP contribution in [0.2, 0.25) is 0 Å². The number of likely N-dealkylation sites (N-methyl/N-ethyl adjacent to an activating group) is 1. The molecular weight excluding hydrogens is 300 g/mol. The summed E-state index contributed by atoms with van der Waals surface area (Å²) in [6, 6.07) is 10.1. The first-order chi connectivity index (χ1) is 11.6. The number of aryl methyl sites for hydroxylation is 1. The van der Waals surface area contributed by atoms with Crippen molar-refractivity contribution >= 4 is 5.91 Å². The van der Waals surface area contributed by atoms with Gasteiger partial charge < -0.3 is 9.80 Å². The number of nitrogens with zero attached hydrogens (tertiary/aromatic N) is 4. The summed E-state index contributed by atoms with van der Waals surface area (Å²) in [6.07, 6.45) is 1.48. The van der Waals surface area contributed by atoms with Gasteiger partial charge in [-0.3, -0.25) is 4.79 Å².